The number of hydrogen-bond donors (Lipinski definition) is 0. The first-order valence-electron chi connectivity index (χ1n) is 10.6. The average molecular weight is 447 g/mol. The van der Waals surface area contributed by atoms with Gasteiger partial charge in [-0.3, -0.25) is 4.79 Å². The largest absolute Gasteiger partial charge is 0.454 e. The third kappa shape index (κ3) is 4.97. The number of amides is 1. The lowest BCUT2D eigenvalue weighted by atomic mass is 9.88. The zero-order valence-electron chi connectivity index (χ0n) is 18.0. The molecule has 0 N–H and O–H groups in total. The zero-order chi connectivity index (χ0) is 21.1. The molecule has 0 saturated carbocycles. The van der Waals surface area contributed by atoms with Crippen molar-refractivity contribution in [1.29, 1.82) is 0 Å². The summed E-state index contributed by atoms with van der Waals surface area (Å²) in [6.45, 7) is 13.2. The molecule has 2 saturated heterocycles. The van der Waals surface area contributed by atoms with Crippen LogP contribution in [0.2, 0.25) is 0 Å². The molecule has 1 spiro atoms. The SMILES string of the molecule is C=C/C=C(\C=C)CCN1CCC2(CC1)CN(c1ccc3c(c1)OCO3)C(=O)C(C)O2.Cl. The molecule has 168 valence electrons. The predicted molar refractivity (Wildman–Crippen MR) is 124 cm³/mol. The van der Waals surface area contributed by atoms with Crippen molar-refractivity contribution in [3.05, 3.63) is 55.2 Å². The van der Waals surface area contributed by atoms with Crippen LogP contribution in [-0.2, 0) is 9.53 Å². The van der Waals surface area contributed by atoms with Gasteiger partial charge in [0.15, 0.2) is 11.5 Å². The van der Waals surface area contributed by atoms with E-state index in [1.807, 2.05) is 42.2 Å². The Morgan fingerprint density at radius 3 is 2.68 bits per heavy atom. The topological polar surface area (TPSA) is 51.2 Å². The number of likely N-dealkylation sites (tertiary alicyclic amines) is 1. The maximum atomic E-state index is 12.9. The number of fused-ring (bicyclic) bond motifs is 1. The van der Waals surface area contributed by atoms with Crippen LogP contribution in [0.1, 0.15) is 26.2 Å². The van der Waals surface area contributed by atoms with Crippen LogP contribution >= 0.6 is 12.4 Å². The monoisotopic (exact) mass is 446 g/mol. The highest BCUT2D eigenvalue weighted by Crippen LogP contribution is 2.39. The summed E-state index contributed by atoms with van der Waals surface area (Å²) in [7, 11) is 0. The molecular weight excluding hydrogens is 416 g/mol. The van der Waals surface area contributed by atoms with Gasteiger partial charge in [0.25, 0.3) is 5.91 Å². The van der Waals surface area contributed by atoms with E-state index in [1.165, 1.54) is 5.57 Å². The Morgan fingerprint density at radius 1 is 1.23 bits per heavy atom. The highest BCUT2D eigenvalue weighted by molar-refractivity contribution is 5.97. The van der Waals surface area contributed by atoms with Crippen molar-refractivity contribution in [2.24, 2.45) is 0 Å². The smallest absolute Gasteiger partial charge is 0.255 e. The molecule has 7 heteroatoms. The molecule has 1 aromatic rings. The Bertz CT molecular complexity index is 861. The van der Waals surface area contributed by atoms with Crippen LogP contribution in [0.15, 0.2) is 55.2 Å². The Hall–Kier alpha value is -2.28. The van der Waals surface area contributed by atoms with Gasteiger partial charge in [-0.05, 0) is 43.9 Å². The van der Waals surface area contributed by atoms with E-state index >= 15 is 0 Å². The molecule has 0 aromatic heterocycles. The Labute approximate surface area is 190 Å². The molecule has 2 fully saturated rings. The van der Waals surface area contributed by atoms with Gasteiger partial charge in [-0.15, -0.1) is 12.4 Å². The predicted octanol–water partition coefficient (Wildman–Crippen LogP) is 4.11. The Balaban J connectivity index is 0.00000272. The van der Waals surface area contributed by atoms with Gasteiger partial charge in [0.05, 0.1) is 12.1 Å². The van der Waals surface area contributed by atoms with Gasteiger partial charge >= 0.3 is 0 Å². The van der Waals surface area contributed by atoms with Crippen LogP contribution < -0.4 is 14.4 Å². The quantitative estimate of drug-likeness (QED) is 0.615. The second-order valence-corrected chi connectivity index (χ2v) is 8.18. The number of rotatable bonds is 6. The van der Waals surface area contributed by atoms with Crippen LogP contribution in [-0.4, -0.2) is 55.5 Å². The number of piperidine rings is 1. The fourth-order valence-electron chi connectivity index (χ4n) is 4.47. The number of ether oxygens (including phenoxy) is 3. The summed E-state index contributed by atoms with van der Waals surface area (Å²) >= 11 is 0. The first kappa shape index (κ1) is 23.4. The Kier molecular flexibility index (Phi) is 7.46. The molecule has 6 nitrogen and oxygen atoms in total. The van der Waals surface area contributed by atoms with Gasteiger partial charge in [-0.1, -0.05) is 31.4 Å². The molecule has 0 radical (unpaired) electrons. The van der Waals surface area contributed by atoms with Crippen molar-refractivity contribution in [2.45, 2.75) is 37.9 Å². The van der Waals surface area contributed by atoms with E-state index in [2.05, 4.69) is 18.1 Å². The molecule has 31 heavy (non-hydrogen) atoms. The number of anilines is 1. The van der Waals surface area contributed by atoms with Gasteiger partial charge in [0.2, 0.25) is 6.79 Å². The number of allylic oxidation sites excluding steroid dienone is 3. The van der Waals surface area contributed by atoms with E-state index < -0.39 is 6.10 Å². The minimum absolute atomic E-state index is 0. The highest BCUT2D eigenvalue weighted by atomic mass is 35.5. The third-order valence-electron chi connectivity index (χ3n) is 6.23. The van der Waals surface area contributed by atoms with E-state index in [0.29, 0.717) is 12.3 Å². The number of carbonyl (C=O) groups is 1. The van der Waals surface area contributed by atoms with Crippen molar-refractivity contribution in [3.63, 3.8) is 0 Å². The van der Waals surface area contributed by atoms with Gasteiger partial charge in [0, 0.05) is 31.4 Å². The molecule has 0 bridgehead atoms. The van der Waals surface area contributed by atoms with Gasteiger partial charge < -0.3 is 24.0 Å². The molecule has 3 aliphatic rings. The number of hydrogen-bond acceptors (Lipinski definition) is 5. The second kappa shape index (κ2) is 9.90. The van der Waals surface area contributed by atoms with E-state index in [1.54, 1.807) is 6.08 Å². The molecule has 1 unspecified atom stereocenters. The maximum absolute atomic E-state index is 12.9. The first-order chi connectivity index (χ1) is 14.5. The van der Waals surface area contributed by atoms with Crippen molar-refractivity contribution in [1.82, 2.24) is 4.90 Å². The number of morpholine rings is 1. The van der Waals surface area contributed by atoms with Crippen LogP contribution in [0.3, 0.4) is 0 Å². The van der Waals surface area contributed by atoms with Crippen molar-refractivity contribution < 1.29 is 19.0 Å². The van der Waals surface area contributed by atoms with Crippen molar-refractivity contribution >= 4 is 24.0 Å². The molecule has 3 heterocycles. The third-order valence-corrected chi connectivity index (χ3v) is 6.23. The lowest BCUT2D eigenvalue weighted by Gasteiger charge is -2.49. The zero-order valence-corrected chi connectivity index (χ0v) is 18.9. The van der Waals surface area contributed by atoms with E-state index in [0.717, 1.165) is 50.3 Å². The number of carbonyl (C=O) groups excluding carboxylic acids is 1. The number of nitrogens with zero attached hydrogens (tertiary/aromatic N) is 2. The van der Waals surface area contributed by atoms with Crippen LogP contribution in [0.4, 0.5) is 5.69 Å². The fourth-order valence-corrected chi connectivity index (χ4v) is 4.47. The summed E-state index contributed by atoms with van der Waals surface area (Å²) < 4.78 is 17.2. The summed E-state index contributed by atoms with van der Waals surface area (Å²) in [5, 5.41) is 0. The minimum Gasteiger partial charge on any atom is -0.454 e. The highest BCUT2D eigenvalue weighted by Gasteiger charge is 2.45. The van der Waals surface area contributed by atoms with Crippen LogP contribution in [0.5, 0.6) is 11.5 Å². The fraction of sp³-hybridized carbons (Fsp3) is 0.458. The average Bonchev–Trinajstić information content (AvgIpc) is 3.23. The lowest BCUT2D eigenvalue weighted by molar-refractivity contribution is -0.161. The first-order valence-corrected chi connectivity index (χ1v) is 10.6. The summed E-state index contributed by atoms with van der Waals surface area (Å²) in [4.78, 5) is 17.2. The van der Waals surface area contributed by atoms with Crippen LogP contribution in [0.25, 0.3) is 0 Å². The summed E-state index contributed by atoms with van der Waals surface area (Å²) in [5.74, 6) is 1.40. The summed E-state index contributed by atoms with van der Waals surface area (Å²) in [5.41, 5.74) is 1.73. The van der Waals surface area contributed by atoms with Crippen molar-refractivity contribution in [2.75, 3.05) is 37.9 Å². The van der Waals surface area contributed by atoms with Gasteiger partial charge in [-0.2, -0.15) is 0 Å². The van der Waals surface area contributed by atoms with Gasteiger partial charge in [-0.25, -0.2) is 0 Å². The molecular formula is C24H31ClN2O4. The summed E-state index contributed by atoms with van der Waals surface area (Å²) in [6.07, 6.45) is 8.02. The van der Waals surface area contributed by atoms with E-state index in [-0.39, 0.29) is 30.7 Å². The second-order valence-electron chi connectivity index (χ2n) is 8.18. The molecule has 1 atom stereocenters. The van der Waals surface area contributed by atoms with Gasteiger partial charge in [0.1, 0.15) is 6.10 Å². The van der Waals surface area contributed by atoms with Crippen LogP contribution in [0, 0.1) is 0 Å². The lowest BCUT2D eigenvalue weighted by Crippen LogP contribution is -2.61. The Morgan fingerprint density at radius 2 is 1.97 bits per heavy atom. The summed E-state index contributed by atoms with van der Waals surface area (Å²) in [6, 6.07) is 5.69. The minimum atomic E-state index is -0.460. The van der Waals surface area contributed by atoms with E-state index in [4.69, 9.17) is 14.2 Å². The molecule has 3 aliphatic heterocycles. The maximum Gasteiger partial charge on any atom is 0.255 e. The van der Waals surface area contributed by atoms with E-state index in [9.17, 15) is 4.79 Å². The number of halogens is 1. The molecule has 0 aliphatic carbocycles. The standard InChI is InChI=1S/C24H30N2O4.ClH/c1-4-6-19(5-2)9-12-25-13-10-24(11-14-25)16-26(23(27)18(3)30-24)20-7-8-21-22(15-20)29-17-28-21;/h4-8,15,18H,1-2,9-14,16-17H2,3H3;1H/b19-6+;. The molecule has 1 aromatic carbocycles. The normalized spacial score (nSPS) is 22.9. The number of benzene rings is 1. The molecule has 4 rings (SSSR count). The molecule has 1 amide bonds. The van der Waals surface area contributed by atoms with Crippen molar-refractivity contribution in [3.8, 4) is 11.5 Å².